The summed E-state index contributed by atoms with van der Waals surface area (Å²) < 4.78 is 5.38. The van der Waals surface area contributed by atoms with Gasteiger partial charge in [0.25, 0.3) is 0 Å². The number of piperazine rings is 1. The van der Waals surface area contributed by atoms with Gasteiger partial charge in [0.05, 0.1) is 7.11 Å². The Balaban J connectivity index is 1.74. The molecule has 0 atom stereocenters. The van der Waals surface area contributed by atoms with E-state index in [-0.39, 0.29) is 5.91 Å². The van der Waals surface area contributed by atoms with E-state index in [1.54, 1.807) is 7.11 Å². The van der Waals surface area contributed by atoms with E-state index in [9.17, 15) is 4.79 Å². The summed E-state index contributed by atoms with van der Waals surface area (Å²) in [4.78, 5) is 26.2. The Labute approximate surface area is 180 Å². The fourth-order valence-electron chi connectivity index (χ4n) is 4.02. The normalized spacial score (nSPS) is 14.1. The summed E-state index contributed by atoms with van der Waals surface area (Å²) in [5.74, 6) is 2.93. The number of aryl methyl sites for hydroxylation is 2. The van der Waals surface area contributed by atoms with E-state index >= 15 is 0 Å². The molecular formula is C24H34N4O2. The number of benzene rings is 1. The van der Waals surface area contributed by atoms with E-state index in [4.69, 9.17) is 9.72 Å². The molecule has 1 aliphatic heterocycles. The van der Waals surface area contributed by atoms with Crippen molar-refractivity contribution in [3.63, 3.8) is 0 Å². The molecule has 0 unspecified atom stereocenters. The number of rotatable bonds is 8. The van der Waals surface area contributed by atoms with Gasteiger partial charge in [0.1, 0.15) is 17.4 Å². The predicted octanol–water partition coefficient (Wildman–Crippen LogP) is 3.92. The second-order valence-corrected chi connectivity index (χ2v) is 8.01. The Morgan fingerprint density at radius 1 is 1.10 bits per heavy atom. The third kappa shape index (κ3) is 5.49. The number of unbranched alkanes of at least 4 members (excludes halogenated alkanes) is 2. The third-order valence-electron chi connectivity index (χ3n) is 5.75. The number of carbonyl (C=O) groups excluding carboxylic acids is 1. The third-order valence-corrected chi connectivity index (χ3v) is 5.75. The Hall–Kier alpha value is -2.63. The molecular weight excluding hydrogens is 376 g/mol. The van der Waals surface area contributed by atoms with Crippen molar-refractivity contribution in [1.82, 2.24) is 14.9 Å². The second-order valence-electron chi connectivity index (χ2n) is 8.01. The Morgan fingerprint density at radius 3 is 2.57 bits per heavy atom. The van der Waals surface area contributed by atoms with E-state index < -0.39 is 0 Å². The molecule has 0 saturated carbocycles. The number of hydrogen-bond donors (Lipinski definition) is 0. The fraction of sp³-hybridized carbons (Fsp3) is 0.542. The molecule has 0 radical (unpaired) electrons. The Morgan fingerprint density at radius 2 is 1.87 bits per heavy atom. The van der Waals surface area contributed by atoms with Crippen LogP contribution in [-0.4, -0.2) is 54.1 Å². The van der Waals surface area contributed by atoms with Crippen LogP contribution in [0.5, 0.6) is 5.75 Å². The first-order valence-electron chi connectivity index (χ1n) is 11.0. The van der Waals surface area contributed by atoms with Crippen molar-refractivity contribution in [2.24, 2.45) is 0 Å². The van der Waals surface area contributed by atoms with Crippen LogP contribution in [0.15, 0.2) is 24.3 Å². The monoisotopic (exact) mass is 410 g/mol. The summed E-state index contributed by atoms with van der Waals surface area (Å²) in [7, 11) is 1.69. The molecule has 2 heterocycles. The van der Waals surface area contributed by atoms with E-state index in [1.165, 1.54) is 5.56 Å². The van der Waals surface area contributed by atoms with Gasteiger partial charge in [-0.2, -0.15) is 0 Å². The maximum Gasteiger partial charge on any atom is 0.222 e. The van der Waals surface area contributed by atoms with Crippen molar-refractivity contribution in [3.05, 3.63) is 46.9 Å². The van der Waals surface area contributed by atoms with Gasteiger partial charge >= 0.3 is 0 Å². The van der Waals surface area contributed by atoms with Gasteiger partial charge in [0, 0.05) is 50.3 Å². The van der Waals surface area contributed by atoms with Crippen LogP contribution in [0.4, 0.5) is 5.82 Å². The van der Waals surface area contributed by atoms with Gasteiger partial charge in [0.15, 0.2) is 0 Å². The minimum absolute atomic E-state index is 0.287. The molecule has 1 amide bonds. The van der Waals surface area contributed by atoms with Crippen LogP contribution < -0.4 is 9.64 Å². The van der Waals surface area contributed by atoms with Crippen LogP contribution in [0.3, 0.4) is 0 Å². The van der Waals surface area contributed by atoms with E-state index in [0.717, 1.165) is 80.5 Å². The molecule has 30 heavy (non-hydrogen) atoms. The highest BCUT2D eigenvalue weighted by Gasteiger charge is 2.24. The lowest BCUT2D eigenvalue weighted by Gasteiger charge is -2.36. The summed E-state index contributed by atoms with van der Waals surface area (Å²) in [5.41, 5.74) is 3.34. The molecule has 1 aliphatic rings. The number of nitrogens with zero attached hydrogens (tertiary/aromatic N) is 4. The van der Waals surface area contributed by atoms with E-state index in [0.29, 0.717) is 6.42 Å². The molecule has 2 aromatic rings. The maximum atomic E-state index is 12.5. The van der Waals surface area contributed by atoms with Gasteiger partial charge in [-0.25, -0.2) is 9.97 Å². The zero-order valence-corrected chi connectivity index (χ0v) is 18.8. The average Bonchev–Trinajstić information content (AvgIpc) is 2.76. The number of anilines is 1. The zero-order chi connectivity index (χ0) is 21.5. The molecule has 0 bridgehead atoms. The van der Waals surface area contributed by atoms with Crippen LogP contribution in [-0.2, 0) is 11.2 Å². The SMILES string of the molecule is CCCCCC(=O)N1CCN(c2nc(C)nc(C)c2Cc2cccc(OC)c2)CC1. The lowest BCUT2D eigenvalue weighted by atomic mass is 10.0. The molecule has 1 saturated heterocycles. The van der Waals surface area contributed by atoms with Gasteiger partial charge in [-0.1, -0.05) is 31.9 Å². The fourth-order valence-corrected chi connectivity index (χ4v) is 4.02. The van der Waals surface area contributed by atoms with Gasteiger partial charge in [0.2, 0.25) is 5.91 Å². The summed E-state index contributed by atoms with van der Waals surface area (Å²) in [6.45, 7) is 9.29. The first kappa shape index (κ1) is 22.1. The molecule has 0 aliphatic carbocycles. The molecule has 6 heteroatoms. The topological polar surface area (TPSA) is 58.6 Å². The quantitative estimate of drug-likeness (QED) is 0.618. The van der Waals surface area contributed by atoms with Gasteiger partial charge in [-0.05, 0) is 38.0 Å². The van der Waals surface area contributed by atoms with E-state index in [1.807, 2.05) is 24.0 Å². The highest BCUT2D eigenvalue weighted by atomic mass is 16.5. The molecule has 0 N–H and O–H groups in total. The maximum absolute atomic E-state index is 12.5. The smallest absolute Gasteiger partial charge is 0.222 e. The van der Waals surface area contributed by atoms with Gasteiger partial charge in [-0.3, -0.25) is 4.79 Å². The summed E-state index contributed by atoms with van der Waals surface area (Å²) >= 11 is 0. The molecule has 1 aromatic carbocycles. The highest BCUT2D eigenvalue weighted by Crippen LogP contribution is 2.26. The van der Waals surface area contributed by atoms with Gasteiger partial charge in [-0.15, -0.1) is 0 Å². The first-order valence-corrected chi connectivity index (χ1v) is 11.0. The van der Waals surface area contributed by atoms with Crippen LogP contribution >= 0.6 is 0 Å². The second kappa shape index (κ2) is 10.4. The molecule has 162 valence electrons. The Kier molecular flexibility index (Phi) is 7.66. The minimum Gasteiger partial charge on any atom is -0.497 e. The van der Waals surface area contributed by atoms with Crippen molar-refractivity contribution in [2.75, 3.05) is 38.2 Å². The van der Waals surface area contributed by atoms with Crippen molar-refractivity contribution in [2.45, 2.75) is 52.9 Å². The van der Waals surface area contributed by atoms with Crippen molar-refractivity contribution in [1.29, 1.82) is 0 Å². The average molecular weight is 411 g/mol. The predicted molar refractivity (Wildman–Crippen MR) is 120 cm³/mol. The van der Waals surface area contributed by atoms with Crippen LogP contribution in [0.1, 0.15) is 55.3 Å². The number of carbonyl (C=O) groups is 1. The number of hydrogen-bond acceptors (Lipinski definition) is 5. The van der Waals surface area contributed by atoms with Crippen LogP contribution in [0.25, 0.3) is 0 Å². The number of ether oxygens (including phenoxy) is 1. The first-order chi connectivity index (χ1) is 14.5. The summed E-state index contributed by atoms with van der Waals surface area (Å²) in [5, 5.41) is 0. The lowest BCUT2D eigenvalue weighted by Crippen LogP contribution is -2.49. The van der Waals surface area contributed by atoms with Crippen molar-refractivity contribution in [3.8, 4) is 5.75 Å². The number of amides is 1. The van der Waals surface area contributed by atoms with Gasteiger partial charge < -0.3 is 14.5 Å². The largest absolute Gasteiger partial charge is 0.497 e. The molecule has 1 aromatic heterocycles. The lowest BCUT2D eigenvalue weighted by molar-refractivity contribution is -0.131. The summed E-state index contributed by atoms with van der Waals surface area (Å²) in [6.07, 6.45) is 4.68. The molecule has 1 fully saturated rings. The van der Waals surface area contributed by atoms with E-state index in [2.05, 4.69) is 35.9 Å². The highest BCUT2D eigenvalue weighted by molar-refractivity contribution is 5.76. The molecule has 0 spiro atoms. The minimum atomic E-state index is 0.287. The Bertz CT molecular complexity index is 860. The number of aromatic nitrogens is 2. The van der Waals surface area contributed by atoms with Crippen LogP contribution in [0, 0.1) is 13.8 Å². The molecule has 6 nitrogen and oxygen atoms in total. The molecule has 3 rings (SSSR count). The zero-order valence-electron chi connectivity index (χ0n) is 18.8. The number of methoxy groups -OCH3 is 1. The van der Waals surface area contributed by atoms with Crippen molar-refractivity contribution >= 4 is 11.7 Å². The van der Waals surface area contributed by atoms with Crippen LogP contribution in [0.2, 0.25) is 0 Å². The summed E-state index contributed by atoms with van der Waals surface area (Å²) in [6, 6.07) is 8.15. The van der Waals surface area contributed by atoms with Crippen molar-refractivity contribution < 1.29 is 9.53 Å². The standard InChI is InChI=1S/C24H34N4O2/c1-5-6-7-11-23(29)27-12-14-28(15-13-27)24-22(18(2)25-19(3)26-24)17-20-9-8-10-21(16-20)30-4/h8-10,16H,5-7,11-15,17H2,1-4H3.